The molecular formula is C73H134O5. The maximum Gasteiger partial charge on any atom is 0.509 e. The van der Waals surface area contributed by atoms with Crippen LogP contribution >= 0.6 is 0 Å². The van der Waals surface area contributed by atoms with Crippen molar-refractivity contribution in [3.63, 3.8) is 0 Å². The number of Topliss-reactive ketones (excluding diaryl/α,β-unsaturated/α-hetero) is 2. The van der Waals surface area contributed by atoms with Crippen LogP contribution in [0.4, 0.5) is 4.79 Å². The summed E-state index contributed by atoms with van der Waals surface area (Å²) in [5.41, 5.74) is 0. The fourth-order valence-electron chi connectivity index (χ4n) is 10.7. The molecule has 5 heteroatoms. The van der Waals surface area contributed by atoms with E-state index in [0.717, 1.165) is 115 Å². The van der Waals surface area contributed by atoms with E-state index in [0.29, 0.717) is 25.7 Å². The molecule has 0 aliphatic heterocycles. The largest absolute Gasteiger partial charge is 0.509 e. The molecule has 0 N–H and O–H groups in total. The lowest BCUT2D eigenvalue weighted by Gasteiger charge is -2.20. The van der Waals surface area contributed by atoms with Gasteiger partial charge in [0, 0.05) is 12.8 Å². The lowest BCUT2D eigenvalue weighted by atomic mass is 10.00. The number of rotatable bonds is 62. The Kier molecular flexibility index (Phi) is 60.2. The van der Waals surface area contributed by atoms with E-state index in [2.05, 4.69) is 90.2 Å². The molecule has 2 atom stereocenters. The number of carbonyl (C=O) groups is 3. The first-order valence-corrected chi connectivity index (χ1v) is 34.7. The first-order valence-electron chi connectivity index (χ1n) is 34.7. The minimum absolute atomic E-state index is 0.0106. The van der Waals surface area contributed by atoms with Gasteiger partial charge in [-0.25, -0.2) is 4.79 Å². The summed E-state index contributed by atoms with van der Waals surface area (Å²) in [6, 6.07) is 0. The van der Waals surface area contributed by atoms with Crippen molar-refractivity contribution in [1.29, 1.82) is 0 Å². The third-order valence-electron chi connectivity index (χ3n) is 15.9. The van der Waals surface area contributed by atoms with E-state index >= 15 is 0 Å². The van der Waals surface area contributed by atoms with Gasteiger partial charge in [-0.15, -0.1) is 0 Å². The molecule has 2 unspecified atom stereocenters. The number of allylic oxidation sites excluding steroid dienone is 8. The van der Waals surface area contributed by atoms with Crippen molar-refractivity contribution in [3.8, 4) is 0 Å². The average molecular weight is 1090 g/mol. The zero-order valence-electron chi connectivity index (χ0n) is 53.2. The van der Waals surface area contributed by atoms with Crippen LogP contribution in [0.25, 0.3) is 0 Å². The van der Waals surface area contributed by atoms with Gasteiger partial charge >= 0.3 is 6.16 Å². The van der Waals surface area contributed by atoms with Crippen LogP contribution in [0.3, 0.4) is 0 Å². The van der Waals surface area contributed by atoms with Gasteiger partial charge in [0.05, 0.1) is 0 Å². The second-order valence-electron chi connectivity index (χ2n) is 24.8. The fraction of sp³-hybridized carbons (Fsp3) is 0.849. The molecule has 0 spiro atoms. The van der Waals surface area contributed by atoms with Crippen LogP contribution in [0.15, 0.2) is 48.6 Å². The summed E-state index contributed by atoms with van der Waals surface area (Å²) < 4.78 is 11.9. The molecule has 0 aromatic rings. The third-order valence-corrected chi connectivity index (χ3v) is 15.9. The topological polar surface area (TPSA) is 69.7 Å². The summed E-state index contributed by atoms with van der Waals surface area (Å²) in [7, 11) is 0. The van der Waals surface area contributed by atoms with Crippen LogP contribution in [-0.2, 0) is 19.1 Å². The molecule has 0 rings (SSSR count). The first kappa shape index (κ1) is 75.6. The Balaban J connectivity index is 5.24. The highest BCUT2D eigenvalue weighted by Gasteiger charge is 2.28. The Morgan fingerprint density at radius 1 is 0.282 bits per heavy atom. The average Bonchev–Trinajstić information content (AvgIpc) is 3.42. The normalized spacial score (nSPS) is 12.9. The molecule has 0 aromatic heterocycles. The molecule has 456 valence electrons. The van der Waals surface area contributed by atoms with Gasteiger partial charge in [0.2, 0.25) is 0 Å². The smallest absolute Gasteiger partial charge is 0.423 e. The summed E-state index contributed by atoms with van der Waals surface area (Å²) in [5, 5.41) is 0. The van der Waals surface area contributed by atoms with E-state index in [-0.39, 0.29) is 11.6 Å². The molecular weight excluding hydrogens is 957 g/mol. The highest BCUT2D eigenvalue weighted by Crippen LogP contribution is 2.21. The van der Waals surface area contributed by atoms with E-state index < -0.39 is 18.4 Å². The second-order valence-corrected chi connectivity index (χ2v) is 24.8. The van der Waals surface area contributed by atoms with Crippen molar-refractivity contribution >= 4 is 17.7 Å². The summed E-state index contributed by atoms with van der Waals surface area (Å²) in [6.07, 6.45) is 75.7. The SMILES string of the molecule is CCCCC/C=C\C/C=C\CCCCCCCC(=O)C(CCCCCCCCCCCCCCC(C)C)OC(=O)OC(CCCCCCCCCCCCCCC(C)C)C(=O)CCCCCCC/C=C\C/C=C\CCCCC. The van der Waals surface area contributed by atoms with Gasteiger partial charge in [-0.05, 0) is 115 Å². The fourth-order valence-corrected chi connectivity index (χ4v) is 10.7. The van der Waals surface area contributed by atoms with Crippen LogP contribution in [0.2, 0.25) is 0 Å². The molecule has 78 heavy (non-hydrogen) atoms. The minimum atomic E-state index is -0.827. The second kappa shape index (κ2) is 62.2. The Morgan fingerprint density at radius 2 is 0.513 bits per heavy atom. The number of carbonyl (C=O) groups excluding carboxylic acids is 3. The summed E-state index contributed by atoms with van der Waals surface area (Å²) in [4.78, 5) is 41.2. The van der Waals surface area contributed by atoms with Gasteiger partial charge in [-0.2, -0.15) is 0 Å². The van der Waals surface area contributed by atoms with E-state index in [1.807, 2.05) is 0 Å². The van der Waals surface area contributed by atoms with E-state index in [4.69, 9.17) is 9.47 Å². The van der Waals surface area contributed by atoms with Crippen molar-refractivity contribution in [2.45, 2.75) is 388 Å². The van der Waals surface area contributed by atoms with Crippen LogP contribution in [-0.4, -0.2) is 29.9 Å². The van der Waals surface area contributed by atoms with Gasteiger partial charge in [-0.3, -0.25) is 9.59 Å². The van der Waals surface area contributed by atoms with E-state index in [9.17, 15) is 14.4 Å². The molecule has 0 bridgehead atoms. The Hall–Kier alpha value is -2.43. The number of ketones is 2. The van der Waals surface area contributed by atoms with Gasteiger partial charge in [0.25, 0.3) is 0 Å². The van der Waals surface area contributed by atoms with Crippen molar-refractivity contribution in [2.24, 2.45) is 11.8 Å². The molecule has 0 amide bonds. The monoisotopic (exact) mass is 1090 g/mol. The van der Waals surface area contributed by atoms with Crippen molar-refractivity contribution in [2.75, 3.05) is 0 Å². The van der Waals surface area contributed by atoms with Crippen LogP contribution in [0.1, 0.15) is 375 Å². The first-order chi connectivity index (χ1) is 38.2. The van der Waals surface area contributed by atoms with Crippen LogP contribution < -0.4 is 0 Å². The van der Waals surface area contributed by atoms with Gasteiger partial charge in [0.1, 0.15) is 0 Å². The van der Waals surface area contributed by atoms with Crippen LogP contribution in [0, 0.1) is 11.8 Å². The molecule has 0 radical (unpaired) electrons. The molecule has 0 aromatic carbocycles. The predicted octanol–water partition coefficient (Wildman–Crippen LogP) is 24.9. The van der Waals surface area contributed by atoms with Crippen molar-refractivity contribution in [1.82, 2.24) is 0 Å². The van der Waals surface area contributed by atoms with Crippen molar-refractivity contribution < 1.29 is 23.9 Å². The van der Waals surface area contributed by atoms with E-state index in [1.54, 1.807) is 0 Å². The van der Waals surface area contributed by atoms with Gasteiger partial charge in [-0.1, -0.05) is 308 Å². The molecule has 0 aliphatic rings. The highest BCUT2D eigenvalue weighted by atomic mass is 16.7. The number of ether oxygens (including phenoxy) is 2. The maximum absolute atomic E-state index is 13.8. The third kappa shape index (κ3) is 58.2. The summed E-state index contributed by atoms with van der Waals surface area (Å²) in [6.45, 7) is 13.8. The molecule has 0 saturated carbocycles. The zero-order chi connectivity index (χ0) is 56.9. The Labute approximate surface area is 487 Å². The zero-order valence-corrected chi connectivity index (χ0v) is 53.2. The lowest BCUT2D eigenvalue weighted by Crippen LogP contribution is -2.32. The maximum atomic E-state index is 13.8. The summed E-state index contributed by atoms with van der Waals surface area (Å²) in [5.74, 6) is 1.67. The number of hydrogen-bond acceptors (Lipinski definition) is 5. The van der Waals surface area contributed by atoms with Gasteiger partial charge in [0.15, 0.2) is 23.8 Å². The Bertz CT molecular complexity index is 1290. The molecule has 5 nitrogen and oxygen atoms in total. The lowest BCUT2D eigenvalue weighted by molar-refractivity contribution is -0.133. The van der Waals surface area contributed by atoms with Crippen molar-refractivity contribution in [3.05, 3.63) is 48.6 Å². The summed E-state index contributed by atoms with van der Waals surface area (Å²) >= 11 is 0. The highest BCUT2D eigenvalue weighted by molar-refractivity contribution is 5.86. The minimum Gasteiger partial charge on any atom is -0.423 e. The number of unbranched alkanes of at least 4 members (excludes halogenated alkanes) is 38. The molecule has 0 fully saturated rings. The predicted molar refractivity (Wildman–Crippen MR) is 343 cm³/mol. The van der Waals surface area contributed by atoms with Gasteiger partial charge < -0.3 is 9.47 Å². The molecule has 0 heterocycles. The van der Waals surface area contributed by atoms with Crippen LogP contribution in [0.5, 0.6) is 0 Å². The van der Waals surface area contributed by atoms with E-state index in [1.165, 1.54) is 205 Å². The standard InChI is InChI=1S/C73H134O5/c1-7-9-11-13-15-17-19-21-23-25-33-39-45-51-57-63-69(74)71(65-59-53-47-41-35-29-27-31-37-43-49-55-61-67(3)4)77-73(76)78-72(66-60-54-48-42-36-30-28-32-38-44-50-56-62-68(5)6)70(75)64-58-52-46-40-34-26-24-22-20-18-16-14-12-10-8-2/h15-18,21-24,67-68,71-72H,7-14,19-20,25-66H2,1-6H3/b17-15-,18-16-,23-21-,24-22-. The molecule has 0 aliphatic carbocycles. The Morgan fingerprint density at radius 3 is 0.782 bits per heavy atom. The quantitative estimate of drug-likeness (QED) is 0.0345. The molecule has 0 saturated heterocycles. The number of hydrogen-bond donors (Lipinski definition) is 0.